The molecule has 0 bridgehead atoms. The van der Waals surface area contributed by atoms with Gasteiger partial charge in [-0.1, -0.05) is 20.8 Å². The van der Waals surface area contributed by atoms with E-state index >= 15 is 0 Å². The molecule has 0 spiro atoms. The summed E-state index contributed by atoms with van der Waals surface area (Å²) in [5.74, 6) is -0.636. The minimum Gasteiger partial charge on any atom is -0.497 e. The van der Waals surface area contributed by atoms with Gasteiger partial charge in [0.1, 0.15) is 17.5 Å². The van der Waals surface area contributed by atoms with Crippen LogP contribution >= 0.6 is 0 Å². The lowest BCUT2D eigenvalue weighted by Crippen LogP contribution is -2.41. The van der Waals surface area contributed by atoms with Gasteiger partial charge in [0.25, 0.3) is 5.91 Å². The van der Waals surface area contributed by atoms with Crippen molar-refractivity contribution in [3.63, 3.8) is 0 Å². The lowest BCUT2D eigenvalue weighted by molar-refractivity contribution is -0.139. The molecule has 6 heteroatoms. The van der Waals surface area contributed by atoms with Gasteiger partial charge < -0.3 is 19.9 Å². The zero-order chi connectivity index (χ0) is 17.6. The van der Waals surface area contributed by atoms with Gasteiger partial charge in [-0.2, -0.15) is 0 Å². The third-order valence-electron chi connectivity index (χ3n) is 3.44. The van der Waals surface area contributed by atoms with Gasteiger partial charge in [0.05, 0.1) is 19.8 Å². The first-order valence-electron chi connectivity index (χ1n) is 7.43. The Morgan fingerprint density at radius 3 is 2.35 bits per heavy atom. The van der Waals surface area contributed by atoms with Gasteiger partial charge in [-0.25, -0.2) is 4.79 Å². The number of methoxy groups -OCH3 is 2. The molecule has 0 saturated carbocycles. The van der Waals surface area contributed by atoms with Gasteiger partial charge in [0.2, 0.25) is 0 Å². The van der Waals surface area contributed by atoms with Crippen LogP contribution in [0.5, 0.6) is 11.5 Å². The van der Waals surface area contributed by atoms with Crippen molar-refractivity contribution >= 4 is 11.9 Å². The van der Waals surface area contributed by atoms with Gasteiger partial charge in [-0.05, 0) is 30.4 Å². The molecule has 1 atom stereocenters. The molecule has 1 aromatic rings. The summed E-state index contributed by atoms with van der Waals surface area (Å²) in [5.41, 5.74) is 0.270. The van der Waals surface area contributed by atoms with Crippen molar-refractivity contribution in [2.24, 2.45) is 5.41 Å². The predicted molar refractivity (Wildman–Crippen MR) is 87.1 cm³/mol. The van der Waals surface area contributed by atoms with E-state index in [1.807, 2.05) is 20.8 Å². The predicted octanol–water partition coefficient (Wildman–Crippen LogP) is 2.71. The van der Waals surface area contributed by atoms with E-state index in [9.17, 15) is 14.7 Å². The molecule has 0 aliphatic heterocycles. The van der Waals surface area contributed by atoms with Crippen molar-refractivity contribution < 1.29 is 24.2 Å². The number of carbonyl (C=O) groups is 2. The highest BCUT2D eigenvalue weighted by molar-refractivity contribution is 5.99. The van der Waals surface area contributed by atoms with E-state index in [1.54, 1.807) is 18.2 Å². The number of carbonyl (C=O) groups excluding carboxylic acids is 1. The van der Waals surface area contributed by atoms with E-state index in [2.05, 4.69) is 5.32 Å². The fraction of sp³-hybridized carbons (Fsp3) is 0.529. The maximum absolute atomic E-state index is 12.4. The molecule has 0 radical (unpaired) electrons. The van der Waals surface area contributed by atoms with Crippen molar-refractivity contribution in [2.45, 2.75) is 39.7 Å². The molecular weight excluding hydrogens is 298 g/mol. The first-order valence-corrected chi connectivity index (χ1v) is 7.43. The topological polar surface area (TPSA) is 84.9 Å². The van der Waals surface area contributed by atoms with Crippen LogP contribution < -0.4 is 14.8 Å². The molecule has 1 amide bonds. The molecular formula is C17H25NO5. The Morgan fingerprint density at radius 1 is 1.22 bits per heavy atom. The summed E-state index contributed by atoms with van der Waals surface area (Å²) < 4.78 is 10.3. The SMILES string of the molecule is COc1ccc(C(=O)NC(CCC(C)(C)C)C(=O)O)c(OC)c1. The minimum atomic E-state index is -1.05. The van der Waals surface area contributed by atoms with Crippen LogP contribution in [-0.4, -0.2) is 37.2 Å². The first-order chi connectivity index (χ1) is 10.7. The van der Waals surface area contributed by atoms with Gasteiger partial charge >= 0.3 is 5.97 Å². The number of nitrogens with one attached hydrogen (secondary N) is 1. The molecule has 0 aliphatic rings. The number of rotatable bonds is 7. The van der Waals surface area contributed by atoms with Crippen LogP contribution in [0.15, 0.2) is 18.2 Å². The third kappa shape index (κ3) is 5.81. The second-order valence-electron chi connectivity index (χ2n) is 6.53. The van der Waals surface area contributed by atoms with Gasteiger partial charge in [-0.15, -0.1) is 0 Å². The molecule has 2 N–H and O–H groups in total. The highest BCUT2D eigenvalue weighted by Gasteiger charge is 2.24. The molecule has 1 rings (SSSR count). The second kappa shape index (κ2) is 7.85. The average Bonchev–Trinajstić information content (AvgIpc) is 2.49. The number of carboxylic acids is 1. The van der Waals surface area contributed by atoms with E-state index in [1.165, 1.54) is 14.2 Å². The summed E-state index contributed by atoms with van der Waals surface area (Å²) >= 11 is 0. The summed E-state index contributed by atoms with van der Waals surface area (Å²) in [6.45, 7) is 6.08. The number of ether oxygens (including phenoxy) is 2. The molecule has 0 saturated heterocycles. The number of aliphatic carboxylic acids is 1. The Bertz CT molecular complexity index is 563. The Balaban J connectivity index is 2.89. The van der Waals surface area contributed by atoms with E-state index in [0.717, 1.165) is 0 Å². The van der Waals surface area contributed by atoms with Crippen LogP contribution in [0.4, 0.5) is 0 Å². The van der Waals surface area contributed by atoms with E-state index in [-0.39, 0.29) is 11.0 Å². The summed E-state index contributed by atoms with van der Waals surface area (Å²) in [6.07, 6.45) is 1.05. The maximum atomic E-state index is 12.4. The molecule has 0 fully saturated rings. The van der Waals surface area contributed by atoms with Crippen molar-refractivity contribution in [1.29, 1.82) is 0 Å². The second-order valence-corrected chi connectivity index (χ2v) is 6.53. The highest BCUT2D eigenvalue weighted by Crippen LogP contribution is 2.25. The number of hydrogen-bond donors (Lipinski definition) is 2. The van der Waals surface area contributed by atoms with Gasteiger partial charge in [0, 0.05) is 6.07 Å². The fourth-order valence-electron chi connectivity index (χ4n) is 2.06. The standard InChI is InChI=1S/C17H25NO5/c1-17(2,3)9-8-13(16(20)21)18-15(19)12-7-6-11(22-4)10-14(12)23-5/h6-7,10,13H,8-9H2,1-5H3,(H,18,19)(H,20,21). The largest absolute Gasteiger partial charge is 0.497 e. The monoisotopic (exact) mass is 323 g/mol. The van der Waals surface area contributed by atoms with Crippen molar-refractivity contribution in [3.8, 4) is 11.5 Å². The smallest absolute Gasteiger partial charge is 0.326 e. The minimum absolute atomic E-state index is 0.00374. The van der Waals surface area contributed by atoms with Crippen LogP contribution in [0.2, 0.25) is 0 Å². The Labute approximate surface area is 136 Å². The van der Waals surface area contributed by atoms with Crippen molar-refractivity contribution in [3.05, 3.63) is 23.8 Å². The van der Waals surface area contributed by atoms with Crippen LogP contribution in [0.1, 0.15) is 44.0 Å². The summed E-state index contributed by atoms with van der Waals surface area (Å²) in [5, 5.41) is 11.9. The van der Waals surface area contributed by atoms with E-state index < -0.39 is 17.9 Å². The fourth-order valence-corrected chi connectivity index (χ4v) is 2.06. The van der Waals surface area contributed by atoms with Crippen LogP contribution in [0, 0.1) is 5.41 Å². The van der Waals surface area contributed by atoms with Crippen LogP contribution in [0.25, 0.3) is 0 Å². The molecule has 128 valence electrons. The number of carboxylic acid groups (broad SMARTS) is 1. The first kappa shape index (κ1) is 18.8. The van der Waals surface area contributed by atoms with Crippen LogP contribution in [0.3, 0.4) is 0 Å². The normalized spacial score (nSPS) is 12.4. The highest BCUT2D eigenvalue weighted by atomic mass is 16.5. The Hall–Kier alpha value is -2.24. The molecule has 0 aromatic heterocycles. The molecule has 1 aromatic carbocycles. The van der Waals surface area contributed by atoms with Gasteiger partial charge in [0.15, 0.2) is 0 Å². The van der Waals surface area contributed by atoms with E-state index in [0.29, 0.717) is 24.3 Å². The van der Waals surface area contributed by atoms with Crippen molar-refractivity contribution in [1.82, 2.24) is 5.32 Å². The Morgan fingerprint density at radius 2 is 1.87 bits per heavy atom. The summed E-state index contributed by atoms with van der Waals surface area (Å²) in [7, 11) is 2.96. The summed E-state index contributed by atoms with van der Waals surface area (Å²) in [4.78, 5) is 23.7. The van der Waals surface area contributed by atoms with E-state index in [4.69, 9.17) is 9.47 Å². The lowest BCUT2D eigenvalue weighted by atomic mass is 9.88. The molecule has 23 heavy (non-hydrogen) atoms. The number of benzene rings is 1. The quantitative estimate of drug-likeness (QED) is 0.806. The molecule has 6 nitrogen and oxygen atoms in total. The van der Waals surface area contributed by atoms with Crippen molar-refractivity contribution in [2.75, 3.05) is 14.2 Å². The molecule has 0 heterocycles. The molecule has 0 aliphatic carbocycles. The summed E-state index contributed by atoms with van der Waals surface area (Å²) in [6, 6.07) is 3.83. The van der Waals surface area contributed by atoms with Gasteiger partial charge in [-0.3, -0.25) is 4.79 Å². The zero-order valence-electron chi connectivity index (χ0n) is 14.3. The average molecular weight is 323 g/mol. The Kier molecular flexibility index (Phi) is 6.42. The van der Waals surface area contributed by atoms with Crippen LogP contribution in [-0.2, 0) is 4.79 Å². The lowest BCUT2D eigenvalue weighted by Gasteiger charge is -2.22. The molecule has 1 unspecified atom stereocenters. The zero-order valence-corrected chi connectivity index (χ0v) is 14.3. The number of hydrogen-bond acceptors (Lipinski definition) is 4. The maximum Gasteiger partial charge on any atom is 0.326 e. The number of amides is 1. The third-order valence-corrected chi connectivity index (χ3v) is 3.44.